The van der Waals surface area contributed by atoms with E-state index in [-0.39, 0.29) is 12.2 Å². The SMILES string of the molecule is CCCn1c(=O)c2ccccc2n2c(SCCNCCO)nnc12.O=C(O)C(=O)O. The largest absolute Gasteiger partial charge is 0.473 e. The third kappa shape index (κ3) is 5.55. The van der Waals surface area contributed by atoms with Crippen molar-refractivity contribution in [3.8, 4) is 0 Å². The van der Waals surface area contributed by atoms with Crippen LogP contribution < -0.4 is 10.9 Å². The molecule has 0 aliphatic carbocycles. The van der Waals surface area contributed by atoms with E-state index < -0.39 is 11.9 Å². The minimum Gasteiger partial charge on any atom is -0.473 e. The first-order valence-electron chi connectivity index (χ1n) is 9.19. The number of rotatable bonds is 8. The Bertz CT molecular complexity index is 1070. The van der Waals surface area contributed by atoms with Crippen molar-refractivity contribution in [1.29, 1.82) is 0 Å². The molecule has 11 nitrogen and oxygen atoms in total. The van der Waals surface area contributed by atoms with Gasteiger partial charge in [0.1, 0.15) is 0 Å². The lowest BCUT2D eigenvalue weighted by Gasteiger charge is -2.10. The predicted octanol–water partition coefficient (Wildman–Crippen LogP) is 0.284. The van der Waals surface area contributed by atoms with Crippen LogP contribution in [0.25, 0.3) is 16.7 Å². The van der Waals surface area contributed by atoms with E-state index in [1.807, 2.05) is 35.6 Å². The highest BCUT2D eigenvalue weighted by Gasteiger charge is 2.16. The lowest BCUT2D eigenvalue weighted by Crippen LogP contribution is -2.23. The van der Waals surface area contributed by atoms with Crippen LogP contribution in [0.5, 0.6) is 0 Å². The van der Waals surface area contributed by atoms with Crippen molar-refractivity contribution in [3.63, 3.8) is 0 Å². The average molecular weight is 437 g/mol. The molecule has 162 valence electrons. The molecule has 30 heavy (non-hydrogen) atoms. The number of benzene rings is 1. The zero-order chi connectivity index (χ0) is 22.1. The molecule has 0 spiro atoms. The summed E-state index contributed by atoms with van der Waals surface area (Å²) in [7, 11) is 0. The summed E-state index contributed by atoms with van der Waals surface area (Å²) in [5.41, 5.74) is 0.814. The van der Waals surface area contributed by atoms with E-state index in [1.54, 1.807) is 16.3 Å². The lowest BCUT2D eigenvalue weighted by molar-refractivity contribution is -0.159. The maximum absolute atomic E-state index is 12.7. The summed E-state index contributed by atoms with van der Waals surface area (Å²) in [6, 6.07) is 7.57. The molecule has 2 heterocycles. The number of carbonyl (C=O) groups is 2. The van der Waals surface area contributed by atoms with Crippen LogP contribution >= 0.6 is 11.8 Å². The molecular weight excluding hydrogens is 414 g/mol. The number of aryl methyl sites for hydroxylation is 1. The summed E-state index contributed by atoms with van der Waals surface area (Å²) < 4.78 is 3.66. The number of hydrogen-bond acceptors (Lipinski definition) is 8. The number of aliphatic carboxylic acids is 2. The Labute approximate surface area is 175 Å². The Morgan fingerprint density at radius 1 is 1.13 bits per heavy atom. The summed E-state index contributed by atoms with van der Waals surface area (Å²) in [4.78, 5) is 30.9. The van der Waals surface area contributed by atoms with E-state index in [9.17, 15) is 4.79 Å². The minimum absolute atomic E-state index is 0.0199. The quantitative estimate of drug-likeness (QED) is 0.219. The maximum Gasteiger partial charge on any atom is 0.414 e. The van der Waals surface area contributed by atoms with Gasteiger partial charge >= 0.3 is 11.9 Å². The molecule has 3 rings (SSSR count). The number of aromatic nitrogens is 4. The van der Waals surface area contributed by atoms with Crippen molar-refractivity contribution < 1.29 is 24.9 Å². The Hall–Kier alpha value is -2.96. The topological polar surface area (TPSA) is 159 Å². The van der Waals surface area contributed by atoms with E-state index in [0.717, 1.165) is 29.4 Å². The van der Waals surface area contributed by atoms with Crippen molar-refractivity contribution in [2.75, 3.05) is 25.4 Å². The molecule has 0 unspecified atom stereocenters. The number of carboxylic acid groups (broad SMARTS) is 2. The van der Waals surface area contributed by atoms with Crippen molar-refractivity contribution in [3.05, 3.63) is 34.6 Å². The zero-order valence-electron chi connectivity index (χ0n) is 16.3. The third-order valence-electron chi connectivity index (χ3n) is 3.91. The Morgan fingerprint density at radius 2 is 1.83 bits per heavy atom. The van der Waals surface area contributed by atoms with Gasteiger partial charge in [-0.2, -0.15) is 0 Å². The van der Waals surface area contributed by atoms with Crippen LogP contribution in [0.2, 0.25) is 0 Å². The molecule has 2 aromatic heterocycles. The number of hydrogen-bond donors (Lipinski definition) is 4. The molecule has 1 aromatic carbocycles. The van der Waals surface area contributed by atoms with Gasteiger partial charge < -0.3 is 20.6 Å². The van der Waals surface area contributed by atoms with Crippen LogP contribution in [0.15, 0.2) is 34.2 Å². The van der Waals surface area contributed by atoms with Crippen molar-refractivity contribution in [2.24, 2.45) is 0 Å². The molecule has 0 amide bonds. The fourth-order valence-electron chi connectivity index (χ4n) is 2.67. The Kier molecular flexibility index (Phi) is 8.77. The fourth-order valence-corrected chi connectivity index (χ4v) is 3.51. The normalized spacial score (nSPS) is 10.7. The Balaban J connectivity index is 0.000000469. The van der Waals surface area contributed by atoms with Crippen LogP contribution in [0, 0.1) is 0 Å². The van der Waals surface area contributed by atoms with Crippen LogP contribution in [0.4, 0.5) is 0 Å². The molecule has 3 aromatic rings. The van der Waals surface area contributed by atoms with Gasteiger partial charge in [-0.1, -0.05) is 30.8 Å². The molecular formula is C18H23N5O6S. The number of nitrogens with one attached hydrogen (secondary N) is 1. The summed E-state index contributed by atoms with van der Waals surface area (Å²) in [5.74, 6) is -2.25. The van der Waals surface area contributed by atoms with E-state index in [2.05, 4.69) is 15.5 Å². The van der Waals surface area contributed by atoms with Gasteiger partial charge in [-0.3, -0.25) is 13.8 Å². The number of para-hydroxylation sites is 1. The average Bonchev–Trinajstić information content (AvgIpc) is 3.15. The van der Waals surface area contributed by atoms with E-state index in [1.165, 1.54) is 0 Å². The standard InChI is InChI=1S/C16H21N5O2S.C2H2O4/c1-2-9-20-14(23)12-5-3-4-6-13(12)21-15(20)18-19-16(21)24-11-8-17-7-10-22;3-1(4)2(5)6/h3-6,17,22H,2,7-11H2,1H3;(H,3,4)(H,5,6). The molecule has 4 N–H and O–H groups in total. The molecule has 0 radical (unpaired) electrons. The van der Waals surface area contributed by atoms with Gasteiger partial charge in [0.15, 0.2) is 5.16 Å². The highest BCUT2D eigenvalue weighted by atomic mass is 32.2. The molecule has 0 atom stereocenters. The van der Waals surface area contributed by atoms with Crippen molar-refractivity contribution in [1.82, 2.24) is 24.5 Å². The van der Waals surface area contributed by atoms with E-state index in [0.29, 0.717) is 24.3 Å². The van der Waals surface area contributed by atoms with Crippen LogP contribution in [0.1, 0.15) is 13.3 Å². The number of aliphatic hydroxyl groups is 1. The first-order valence-corrected chi connectivity index (χ1v) is 10.2. The highest BCUT2D eigenvalue weighted by molar-refractivity contribution is 7.99. The molecule has 0 bridgehead atoms. The van der Waals surface area contributed by atoms with Crippen LogP contribution in [-0.2, 0) is 16.1 Å². The maximum atomic E-state index is 12.7. The van der Waals surface area contributed by atoms with Crippen LogP contribution in [-0.4, -0.2) is 71.9 Å². The fraction of sp³-hybridized carbons (Fsp3) is 0.389. The number of aliphatic hydroxyl groups excluding tert-OH is 1. The first-order chi connectivity index (χ1) is 14.4. The molecule has 0 aliphatic heterocycles. The number of thioether (sulfide) groups is 1. The highest BCUT2D eigenvalue weighted by Crippen LogP contribution is 2.21. The second kappa shape index (κ2) is 11.3. The smallest absolute Gasteiger partial charge is 0.414 e. The Morgan fingerprint density at radius 3 is 2.47 bits per heavy atom. The lowest BCUT2D eigenvalue weighted by atomic mass is 10.2. The second-order valence-corrected chi connectivity index (χ2v) is 7.09. The number of carboxylic acids is 2. The summed E-state index contributed by atoms with van der Waals surface area (Å²) in [6.45, 7) is 4.14. The van der Waals surface area contributed by atoms with Gasteiger partial charge in [0.05, 0.1) is 17.5 Å². The summed E-state index contributed by atoms with van der Waals surface area (Å²) in [6.07, 6.45) is 0.855. The van der Waals surface area contributed by atoms with E-state index >= 15 is 0 Å². The molecule has 0 aliphatic rings. The van der Waals surface area contributed by atoms with Gasteiger partial charge in [0.2, 0.25) is 5.78 Å². The summed E-state index contributed by atoms with van der Waals surface area (Å²) >= 11 is 1.58. The third-order valence-corrected chi connectivity index (χ3v) is 4.84. The zero-order valence-corrected chi connectivity index (χ0v) is 17.1. The molecule has 12 heteroatoms. The monoisotopic (exact) mass is 437 g/mol. The predicted molar refractivity (Wildman–Crippen MR) is 111 cm³/mol. The molecule has 0 saturated carbocycles. The number of fused-ring (bicyclic) bond motifs is 3. The van der Waals surface area contributed by atoms with Gasteiger partial charge in [-0.25, -0.2) is 9.59 Å². The van der Waals surface area contributed by atoms with Gasteiger partial charge in [0, 0.05) is 25.4 Å². The summed E-state index contributed by atoms with van der Waals surface area (Å²) in [5, 5.41) is 36.7. The van der Waals surface area contributed by atoms with Gasteiger partial charge in [-0.15, -0.1) is 10.2 Å². The molecule has 0 fully saturated rings. The van der Waals surface area contributed by atoms with Crippen molar-refractivity contribution in [2.45, 2.75) is 25.0 Å². The second-order valence-electron chi connectivity index (χ2n) is 6.02. The van der Waals surface area contributed by atoms with Gasteiger partial charge in [-0.05, 0) is 18.6 Å². The minimum atomic E-state index is -1.82. The van der Waals surface area contributed by atoms with E-state index in [4.69, 9.17) is 24.9 Å². The molecule has 0 saturated heterocycles. The van der Waals surface area contributed by atoms with Crippen LogP contribution in [0.3, 0.4) is 0 Å². The van der Waals surface area contributed by atoms with Crippen molar-refractivity contribution >= 4 is 40.4 Å². The van der Waals surface area contributed by atoms with Gasteiger partial charge in [0.25, 0.3) is 5.56 Å². The number of nitrogens with zero attached hydrogens (tertiary/aromatic N) is 4. The first kappa shape index (κ1) is 23.3.